The summed E-state index contributed by atoms with van der Waals surface area (Å²) in [5, 5.41) is 1.50. The second kappa shape index (κ2) is 4.90. The Kier molecular flexibility index (Phi) is 3.52. The van der Waals surface area contributed by atoms with E-state index in [0.29, 0.717) is 0 Å². The third-order valence-electron chi connectivity index (χ3n) is 2.52. The lowest BCUT2D eigenvalue weighted by atomic mass is 10.0. The molecule has 2 heteroatoms. The van der Waals surface area contributed by atoms with Gasteiger partial charge < -0.3 is 0 Å². The zero-order chi connectivity index (χ0) is 11.5. The molecule has 0 fully saturated rings. The molecule has 0 saturated carbocycles. The van der Waals surface area contributed by atoms with Crippen LogP contribution in [0.4, 0.5) is 0 Å². The van der Waals surface area contributed by atoms with Gasteiger partial charge in [0.25, 0.3) is 0 Å². The van der Waals surface area contributed by atoms with Crippen molar-refractivity contribution in [2.75, 3.05) is 0 Å². The number of hydrogen-bond acceptors (Lipinski definition) is 0. The van der Waals surface area contributed by atoms with E-state index in [1.165, 1.54) is 11.1 Å². The van der Waals surface area contributed by atoms with Crippen LogP contribution in [0, 0.1) is 6.92 Å². The first-order chi connectivity index (χ1) is 7.65. The van der Waals surface area contributed by atoms with Crippen LogP contribution in [0.1, 0.15) is 16.7 Å². The maximum atomic E-state index is 6.12. The van der Waals surface area contributed by atoms with Crippen molar-refractivity contribution in [1.82, 2.24) is 0 Å². The Hall–Kier alpha value is -0.980. The minimum atomic E-state index is 0.728. The van der Waals surface area contributed by atoms with Crippen LogP contribution in [0.15, 0.2) is 42.5 Å². The lowest BCUT2D eigenvalue weighted by molar-refractivity contribution is 1.19. The molecule has 0 amide bonds. The number of hydrogen-bond donors (Lipinski definition) is 0. The van der Waals surface area contributed by atoms with Crippen LogP contribution in [0.25, 0.3) is 0 Å². The Labute approximate surface area is 106 Å². The standard InChI is InChI=1S/C14H12Cl2/c1-10-2-4-11(5-3-10)8-12-9-13(15)6-7-14(12)16/h2-7,9H,8H2,1H3. The lowest BCUT2D eigenvalue weighted by Crippen LogP contribution is -1.89. The molecular formula is C14H12Cl2. The first-order valence-corrected chi connectivity index (χ1v) is 5.90. The molecule has 0 saturated heterocycles. The van der Waals surface area contributed by atoms with Gasteiger partial charge in [-0.25, -0.2) is 0 Å². The Morgan fingerprint density at radius 1 is 0.938 bits per heavy atom. The Morgan fingerprint density at radius 3 is 2.31 bits per heavy atom. The normalized spacial score (nSPS) is 10.4. The molecule has 0 heterocycles. The van der Waals surface area contributed by atoms with E-state index in [1.54, 1.807) is 0 Å². The van der Waals surface area contributed by atoms with Gasteiger partial charge in [-0.05, 0) is 42.7 Å². The summed E-state index contributed by atoms with van der Waals surface area (Å²) >= 11 is 12.1. The van der Waals surface area contributed by atoms with Gasteiger partial charge >= 0.3 is 0 Å². The van der Waals surface area contributed by atoms with Gasteiger partial charge in [0.1, 0.15) is 0 Å². The third-order valence-corrected chi connectivity index (χ3v) is 3.13. The van der Waals surface area contributed by atoms with Crippen molar-refractivity contribution in [3.05, 3.63) is 69.2 Å². The first-order valence-electron chi connectivity index (χ1n) is 5.14. The van der Waals surface area contributed by atoms with Gasteiger partial charge in [-0.2, -0.15) is 0 Å². The van der Waals surface area contributed by atoms with Crippen molar-refractivity contribution >= 4 is 23.2 Å². The average molecular weight is 251 g/mol. The first kappa shape index (κ1) is 11.5. The zero-order valence-corrected chi connectivity index (χ0v) is 10.5. The highest BCUT2D eigenvalue weighted by Crippen LogP contribution is 2.23. The number of rotatable bonds is 2. The van der Waals surface area contributed by atoms with Crippen molar-refractivity contribution in [2.45, 2.75) is 13.3 Å². The molecule has 0 aromatic heterocycles. The Balaban J connectivity index is 2.26. The minimum Gasteiger partial charge on any atom is -0.0843 e. The molecule has 2 aromatic carbocycles. The van der Waals surface area contributed by atoms with Crippen LogP contribution < -0.4 is 0 Å². The van der Waals surface area contributed by atoms with Crippen LogP contribution in [0.2, 0.25) is 10.0 Å². The SMILES string of the molecule is Cc1ccc(Cc2cc(Cl)ccc2Cl)cc1. The summed E-state index contributed by atoms with van der Waals surface area (Å²) in [6, 6.07) is 14.0. The van der Waals surface area contributed by atoms with Crippen molar-refractivity contribution in [3.8, 4) is 0 Å². The van der Waals surface area contributed by atoms with E-state index in [-0.39, 0.29) is 0 Å². The quantitative estimate of drug-likeness (QED) is 0.712. The zero-order valence-electron chi connectivity index (χ0n) is 9.00. The Morgan fingerprint density at radius 2 is 1.62 bits per heavy atom. The smallest absolute Gasteiger partial charge is 0.0442 e. The number of halogens is 2. The van der Waals surface area contributed by atoms with Crippen molar-refractivity contribution in [3.63, 3.8) is 0 Å². The minimum absolute atomic E-state index is 0.728. The maximum absolute atomic E-state index is 6.12. The summed E-state index contributed by atoms with van der Waals surface area (Å²) < 4.78 is 0. The van der Waals surface area contributed by atoms with Gasteiger partial charge in [0, 0.05) is 10.0 Å². The fourth-order valence-corrected chi connectivity index (χ4v) is 1.98. The molecule has 0 spiro atoms. The third kappa shape index (κ3) is 2.78. The lowest BCUT2D eigenvalue weighted by Gasteiger charge is -2.05. The van der Waals surface area contributed by atoms with E-state index >= 15 is 0 Å². The monoisotopic (exact) mass is 250 g/mol. The van der Waals surface area contributed by atoms with Crippen LogP contribution >= 0.6 is 23.2 Å². The Bertz CT molecular complexity index is 487. The van der Waals surface area contributed by atoms with Gasteiger partial charge in [0.05, 0.1) is 0 Å². The van der Waals surface area contributed by atoms with Gasteiger partial charge in [-0.15, -0.1) is 0 Å². The summed E-state index contributed by atoms with van der Waals surface area (Å²) in [5.74, 6) is 0. The second-order valence-electron chi connectivity index (χ2n) is 3.90. The van der Waals surface area contributed by atoms with Gasteiger partial charge in [-0.1, -0.05) is 53.0 Å². The summed E-state index contributed by atoms with van der Waals surface area (Å²) in [6.45, 7) is 2.08. The van der Waals surface area contributed by atoms with Crippen molar-refractivity contribution in [1.29, 1.82) is 0 Å². The van der Waals surface area contributed by atoms with E-state index in [2.05, 4.69) is 31.2 Å². The molecule has 0 N–H and O–H groups in total. The molecule has 16 heavy (non-hydrogen) atoms. The molecule has 0 unspecified atom stereocenters. The highest BCUT2D eigenvalue weighted by molar-refractivity contribution is 6.33. The van der Waals surface area contributed by atoms with E-state index in [9.17, 15) is 0 Å². The molecule has 0 aliphatic carbocycles. The largest absolute Gasteiger partial charge is 0.0843 e. The predicted octanol–water partition coefficient (Wildman–Crippen LogP) is 4.89. The van der Waals surface area contributed by atoms with Gasteiger partial charge in [0.15, 0.2) is 0 Å². The van der Waals surface area contributed by atoms with Crippen LogP contribution in [0.5, 0.6) is 0 Å². The van der Waals surface area contributed by atoms with E-state index in [0.717, 1.165) is 22.0 Å². The molecule has 0 atom stereocenters. The molecule has 0 aliphatic rings. The molecular weight excluding hydrogens is 239 g/mol. The number of aryl methyl sites for hydroxylation is 1. The fourth-order valence-electron chi connectivity index (χ4n) is 1.60. The van der Waals surface area contributed by atoms with Crippen molar-refractivity contribution in [2.24, 2.45) is 0 Å². The van der Waals surface area contributed by atoms with E-state index in [4.69, 9.17) is 23.2 Å². The van der Waals surface area contributed by atoms with E-state index in [1.807, 2.05) is 18.2 Å². The molecule has 2 rings (SSSR count). The maximum Gasteiger partial charge on any atom is 0.0442 e. The molecule has 82 valence electrons. The fraction of sp³-hybridized carbons (Fsp3) is 0.143. The summed E-state index contributed by atoms with van der Waals surface area (Å²) in [7, 11) is 0. The predicted molar refractivity (Wildman–Crippen MR) is 70.4 cm³/mol. The molecule has 0 radical (unpaired) electrons. The summed E-state index contributed by atoms with van der Waals surface area (Å²) in [5.41, 5.74) is 3.58. The van der Waals surface area contributed by atoms with Crippen LogP contribution in [-0.2, 0) is 6.42 Å². The highest BCUT2D eigenvalue weighted by Gasteiger charge is 2.02. The average Bonchev–Trinajstić information content (AvgIpc) is 2.27. The molecule has 2 aromatic rings. The molecule has 0 bridgehead atoms. The summed E-state index contributed by atoms with van der Waals surface area (Å²) in [4.78, 5) is 0. The van der Waals surface area contributed by atoms with Gasteiger partial charge in [-0.3, -0.25) is 0 Å². The van der Waals surface area contributed by atoms with Gasteiger partial charge in [0.2, 0.25) is 0 Å². The summed E-state index contributed by atoms with van der Waals surface area (Å²) in [6.07, 6.45) is 0.819. The van der Waals surface area contributed by atoms with Crippen molar-refractivity contribution < 1.29 is 0 Å². The molecule has 0 aliphatic heterocycles. The topological polar surface area (TPSA) is 0 Å². The van der Waals surface area contributed by atoms with Crippen LogP contribution in [-0.4, -0.2) is 0 Å². The second-order valence-corrected chi connectivity index (χ2v) is 4.74. The highest BCUT2D eigenvalue weighted by atomic mass is 35.5. The molecule has 0 nitrogen and oxygen atoms in total. The number of benzene rings is 2. The van der Waals surface area contributed by atoms with Crippen LogP contribution in [0.3, 0.4) is 0 Å². The van der Waals surface area contributed by atoms with E-state index < -0.39 is 0 Å².